The lowest BCUT2D eigenvalue weighted by atomic mass is 9.96. The van der Waals surface area contributed by atoms with Gasteiger partial charge in [-0.3, -0.25) is 4.79 Å². The first-order valence-corrected chi connectivity index (χ1v) is 25.0. The maximum atomic E-state index is 13.1. The molecule has 3 heterocycles. The number of hydrogen-bond acceptors (Lipinski definition) is 18. The van der Waals surface area contributed by atoms with Gasteiger partial charge in [0.2, 0.25) is 5.91 Å². The van der Waals surface area contributed by atoms with Crippen LogP contribution >= 0.6 is 0 Å². The maximum Gasteiger partial charge on any atom is 0.220 e. The summed E-state index contributed by atoms with van der Waals surface area (Å²) in [5.41, 5.74) is 0. The number of aliphatic hydroxyl groups is 11. The number of hydrogen-bond donors (Lipinski definition) is 12. The zero-order valence-electron chi connectivity index (χ0n) is 40.5. The number of unbranched alkanes of at least 4 members (excludes halogenated alkanes) is 7. The molecule has 19 nitrogen and oxygen atoms in total. The first-order valence-electron chi connectivity index (χ1n) is 25.0. The molecule has 3 fully saturated rings. The molecule has 0 aliphatic carbocycles. The van der Waals surface area contributed by atoms with E-state index in [4.69, 9.17) is 28.4 Å². The van der Waals surface area contributed by atoms with E-state index in [1.807, 2.05) is 6.92 Å². The van der Waals surface area contributed by atoms with Gasteiger partial charge in [-0.1, -0.05) is 113 Å². The SMILES string of the molecule is CC/C=C\C/C=C\C/C=C\C/C=C\C/C=C\CCCCCCCC(=O)NC(COC1OC(CO)C(OC2OC(CO)C(OC3OC(CO)C(O)C(O)C3O)C(O)C2O)C(O)C1O)C(O)CCCCC. The number of amides is 1. The summed E-state index contributed by atoms with van der Waals surface area (Å²) >= 11 is 0. The van der Waals surface area contributed by atoms with Crippen LogP contribution in [-0.2, 0) is 33.2 Å². The Morgan fingerprint density at radius 1 is 0.536 bits per heavy atom. The molecular weight excluding hydrogens is 903 g/mol. The molecule has 398 valence electrons. The summed E-state index contributed by atoms with van der Waals surface area (Å²) < 4.78 is 33.9. The van der Waals surface area contributed by atoms with E-state index in [-0.39, 0.29) is 18.9 Å². The van der Waals surface area contributed by atoms with Crippen molar-refractivity contribution in [1.29, 1.82) is 0 Å². The monoisotopic (exact) mass is 988 g/mol. The van der Waals surface area contributed by atoms with E-state index in [9.17, 15) is 61.0 Å². The predicted octanol–water partition coefficient (Wildman–Crippen LogP) is 1.36. The summed E-state index contributed by atoms with van der Waals surface area (Å²) in [6, 6.07) is -0.895. The highest BCUT2D eigenvalue weighted by atomic mass is 16.8. The number of nitrogens with one attached hydrogen (secondary N) is 1. The van der Waals surface area contributed by atoms with Crippen LogP contribution in [0.3, 0.4) is 0 Å². The van der Waals surface area contributed by atoms with E-state index in [0.29, 0.717) is 19.3 Å². The topological polar surface area (TPSA) is 307 Å². The fraction of sp³-hybridized carbons (Fsp3) is 0.780. The van der Waals surface area contributed by atoms with Gasteiger partial charge in [-0.25, -0.2) is 0 Å². The van der Waals surface area contributed by atoms with Crippen LogP contribution in [0, 0.1) is 0 Å². The smallest absolute Gasteiger partial charge is 0.220 e. The Hall–Kier alpha value is -2.51. The van der Waals surface area contributed by atoms with E-state index in [1.54, 1.807) is 0 Å². The van der Waals surface area contributed by atoms with Gasteiger partial charge in [0.1, 0.15) is 73.2 Å². The minimum absolute atomic E-state index is 0.237. The highest BCUT2D eigenvalue weighted by Crippen LogP contribution is 2.33. The average molecular weight is 988 g/mol. The molecule has 3 aliphatic rings. The Kier molecular flexibility index (Phi) is 30.6. The Labute approximate surface area is 407 Å². The number of carbonyl (C=O) groups is 1. The van der Waals surface area contributed by atoms with Crippen molar-refractivity contribution in [2.75, 3.05) is 26.4 Å². The van der Waals surface area contributed by atoms with Crippen molar-refractivity contribution in [3.63, 3.8) is 0 Å². The number of carbonyl (C=O) groups excluding carboxylic acids is 1. The molecule has 17 atom stereocenters. The van der Waals surface area contributed by atoms with Gasteiger partial charge in [0.25, 0.3) is 0 Å². The first-order chi connectivity index (χ1) is 33.3. The molecule has 12 N–H and O–H groups in total. The molecule has 69 heavy (non-hydrogen) atoms. The van der Waals surface area contributed by atoms with E-state index in [2.05, 4.69) is 73.0 Å². The van der Waals surface area contributed by atoms with Crippen molar-refractivity contribution < 1.29 is 89.4 Å². The quantitative estimate of drug-likeness (QED) is 0.0326. The highest BCUT2D eigenvalue weighted by Gasteiger charge is 2.53. The Bertz CT molecular complexity index is 1510. The second kappa shape index (κ2) is 34.8. The van der Waals surface area contributed by atoms with Crippen LogP contribution in [0.4, 0.5) is 0 Å². The third-order valence-corrected chi connectivity index (χ3v) is 12.4. The number of allylic oxidation sites excluding steroid dienone is 10. The number of aliphatic hydroxyl groups excluding tert-OH is 11. The lowest BCUT2D eigenvalue weighted by Crippen LogP contribution is -2.66. The van der Waals surface area contributed by atoms with Crippen LogP contribution < -0.4 is 5.32 Å². The highest BCUT2D eigenvalue weighted by molar-refractivity contribution is 5.76. The van der Waals surface area contributed by atoms with Crippen LogP contribution in [0.5, 0.6) is 0 Å². The first kappa shape index (κ1) is 60.8. The molecule has 0 bridgehead atoms. The molecule has 1 amide bonds. The van der Waals surface area contributed by atoms with Gasteiger partial charge in [-0.2, -0.15) is 0 Å². The van der Waals surface area contributed by atoms with Crippen LogP contribution in [0.15, 0.2) is 60.8 Å². The predicted molar refractivity (Wildman–Crippen MR) is 254 cm³/mol. The van der Waals surface area contributed by atoms with Gasteiger partial charge < -0.3 is 89.9 Å². The maximum absolute atomic E-state index is 13.1. The summed E-state index contributed by atoms with van der Waals surface area (Å²) in [6.07, 6.45) is 8.76. The van der Waals surface area contributed by atoms with Gasteiger partial charge in [0.05, 0.1) is 38.6 Å². The van der Waals surface area contributed by atoms with Crippen molar-refractivity contribution >= 4 is 5.91 Å². The molecule has 3 aliphatic heterocycles. The van der Waals surface area contributed by atoms with Gasteiger partial charge >= 0.3 is 0 Å². The summed E-state index contributed by atoms with van der Waals surface area (Å²) in [5.74, 6) is -0.279. The van der Waals surface area contributed by atoms with Crippen LogP contribution in [-0.4, -0.2) is 193 Å². The zero-order valence-corrected chi connectivity index (χ0v) is 40.5. The minimum Gasteiger partial charge on any atom is -0.394 e. The molecule has 19 heteroatoms. The molecule has 17 unspecified atom stereocenters. The van der Waals surface area contributed by atoms with Crippen molar-refractivity contribution in [3.8, 4) is 0 Å². The Balaban J connectivity index is 1.44. The third kappa shape index (κ3) is 20.9. The standard InChI is InChI=1S/C50H85NO18/c1-3-5-7-8-9-10-11-12-13-14-15-16-17-18-19-20-21-22-23-24-26-28-38(56)51-33(34(55)27-25-6-4-2)32-64-48-44(62)41(59)46(36(30-53)66-48)69-50-45(63)42(60)47(37(31-54)67-50)68-49-43(61)40(58)39(57)35(29-52)65-49/h5,7,9-10,12-13,15-16,18-19,33-37,39-50,52-55,57-63H,3-4,6,8,11,14,17,20-32H2,1-2H3,(H,51,56)/b7-5-,10-9-,13-12-,16-15-,19-18-. The zero-order chi connectivity index (χ0) is 50.6. The van der Waals surface area contributed by atoms with Crippen molar-refractivity contribution in [3.05, 3.63) is 60.8 Å². The van der Waals surface area contributed by atoms with Crippen LogP contribution in [0.1, 0.15) is 117 Å². The van der Waals surface area contributed by atoms with Gasteiger partial charge in [0.15, 0.2) is 18.9 Å². The Morgan fingerprint density at radius 3 is 1.54 bits per heavy atom. The second-order valence-corrected chi connectivity index (χ2v) is 17.9. The van der Waals surface area contributed by atoms with E-state index >= 15 is 0 Å². The molecule has 0 spiro atoms. The molecule has 0 saturated carbocycles. The minimum atomic E-state index is -1.97. The third-order valence-electron chi connectivity index (χ3n) is 12.4. The van der Waals surface area contributed by atoms with E-state index in [0.717, 1.165) is 77.0 Å². The summed E-state index contributed by atoms with van der Waals surface area (Å²) in [4.78, 5) is 13.1. The van der Waals surface area contributed by atoms with Crippen molar-refractivity contribution in [2.24, 2.45) is 0 Å². The fourth-order valence-corrected chi connectivity index (χ4v) is 8.16. The van der Waals surface area contributed by atoms with E-state index < -0.39 is 124 Å². The molecular formula is C50H85NO18. The van der Waals surface area contributed by atoms with Gasteiger partial charge in [-0.15, -0.1) is 0 Å². The summed E-state index contributed by atoms with van der Waals surface area (Å²) in [7, 11) is 0. The molecule has 0 aromatic rings. The average Bonchev–Trinajstić information content (AvgIpc) is 3.34. The van der Waals surface area contributed by atoms with Crippen molar-refractivity contribution in [2.45, 2.75) is 221 Å². The Morgan fingerprint density at radius 2 is 1.00 bits per heavy atom. The molecule has 0 aromatic heterocycles. The second-order valence-electron chi connectivity index (χ2n) is 17.9. The van der Waals surface area contributed by atoms with E-state index in [1.165, 1.54) is 0 Å². The molecule has 0 radical (unpaired) electrons. The number of rotatable bonds is 33. The molecule has 3 saturated heterocycles. The van der Waals surface area contributed by atoms with Crippen molar-refractivity contribution in [1.82, 2.24) is 5.32 Å². The van der Waals surface area contributed by atoms with Gasteiger partial charge in [0, 0.05) is 6.42 Å². The summed E-state index contributed by atoms with van der Waals surface area (Å²) in [5, 5.41) is 119. The van der Waals surface area contributed by atoms with Crippen LogP contribution in [0.2, 0.25) is 0 Å². The lowest BCUT2D eigenvalue weighted by Gasteiger charge is -2.48. The molecule has 0 aromatic carbocycles. The van der Waals surface area contributed by atoms with Crippen LogP contribution in [0.25, 0.3) is 0 Å². The van der Waals surface area contributed by atoms with Gasteiger partial charge in [-0.05, 0) is 57.8 Å². The molecule has 3 rings (SSSR count). The number of ether oxygens (including phenoxy) is 6. The summed E-state index contributed by atoms with van der Waals surface area (Å²) in [6.45, 7) is 1.42. The largest absolute Gasteiger partial charge is 0.394 e. The normalized spacial score (nSPS) is 33.4. The lowest BCUT2D eigenvalue weighted by molar-refractivity contribution is -0.379. The fourth-order valence-electron chi connectivity index (χ4n) is 8.16.